The Morgan fingerprint density at radius 2 is 1.68 bits per heavy atom. The van der Waals surface area contributed by atoms with Crippen molar-refractivity contribution in [2.45, 2.75) is 19.4 Å². The normalized spacial score (nSPS) is 11.9. The number of methoxy groups -OCH3 is 2. The molecule has 0 spiro atoms. The quantitative estimate of drug-likeness (QED) is 0.874. The second kappa shape index (κ2) is 7.11. The van der Waals surface area contributed by atoms with Crippen molar-refractivity contribution < 1.29 is 18.3 Å². The fourth-order valence-electron chi connectivity index (χ4n) is 2.28. The van der Waals surface area contributed by atoms with Gasteiger partial charge in [0.15, 0.2) is 23.1 Å². The summed E-state index contributed by atoms with van der Waals surface area (Å²) in [5.74, 6) is -0.367. The van der Waals surface area contributed by atoms with Crippen molar-refractivity contribution in [2.24, 2.45) is 0 Å². The summed E-state index contributed by atoms with van der Waals surface area (Å²) in [4.78, 5) is 0. The molecule has 2 aromatic carbocycles. The molecule has 118 valence electrons. The summed E-state index contributed by atoms with van der Waals surface area (Å²) < 4.78 is 36.6. The second-order valence-corrected chi connectivity index (χ2v) is 5.07. The van der Waals surface area contributed by atoms with Crippen LogP contribution in [0, 0.1) is 11.6 Å². The van der Waals surface area contributed by atoms with Gasteiger partial charge in [-0.25, -0.2) is 8.78 Å². The van der Waals surface area contributed by atoms with Crippen LogP contribution in [0.5, 0.6) is 11.5 Å². The van der Waals surface area contributed by atoms with Crippen LogP contribution >= 0.6 is 0 Å². The highest BCUT2D eigenvalue weighted by atomic mass is 19.2. The van der Waals surface area contributed by atoms with Crippen molar-refractivity contribution in [1.82, 2.24) is 0 Å². The Balaban J connectivity index is 2.05. The molecular formula is C17H19F2NO2. The van der Waals surface area contributed by atoms with Crippen LogP contribution in [0.2, 0.25) is 0 Å². The average Bonchev–Trinajstić information content (AvgIpc) is 2.50. The molecule has 3 nitrogen and oxygen atoms in total. The molecule has 0 amide bonds. The Kier molecular flexibility index (Phi) is 5.20. The zero-order chi connectivity index (χ0) is 16.1. The summed E-state index contributed by atoms with van der Waals surface area (Å²) in [5, 5.41) is 3.15. The summed E-state index contributed by atoms with van der Waals surface area (Å²) in [7, 11) is 3.18. The van der Waals surface area contributed by atoms with Gasteiger partial charge < -0.3 is 14.8 Å². The number of benzene rings is 2. The van der Waals surface area contributed by atoms with Crippen molar-refractivity contribution >= 4 is 5.69 Å². The minimum absolute atomic E-state index is 0.0444. The van der Waals surface area contributed by atoms with Crippen LogP contribution in [0.1, 0.15) is 12.5 Å². The first-order valence-electron chi connectivity index (χ1n) is 6.96. The molecule has 0 aliphatic carbocycles. The number of nitrogens with one attached hydrogen (secondary N) is 1. The molecule has 2 rings (SSSR count). The lowest BCUT2D eigenvalue weighted by Crippen LogP contribution is -2.18. The van der Waals surface area contributed by atoms with Crippen LogP contribution in [0.25, 0.3) is 0 Å². The molecule has 0 saturated heterocycles. The Labute approximate surface area is 128 Å². The van der Waals surface area contributed by atoms with E-state index in [0.29, 0.717) is 23.6 Å². The second-order valence-electron chi connectivity index (χ2n) is 5.07. The van der Waals surface area contributed by atoms with E-state index in [1.807, 2.05) is 25.1 Å². The minimum Gasteiger partial charge on any atom is -0.493 e. The largest absolute Gasteiger partial charge is 0.493 e. The van der Waals surface area contributed by atoms with Crippen LogP contribution in [0.4, 0.5) is 14.5 Å². The first kappa shape index (κ1) is 16.1. The molecule has 2 aromatic rings. The van der Waals surface area contributed by atoms with Crippen molar-refractivity contribution in [3.63, 3.8) is 0 Å². The molecule has 0 aromatic heterocycles. The zero-order valence-electron chi connectivity index (χ0n) is 12.8. The molecule has 0 aliphatic heterocycles. The lowest BCUT2D eigenvalue weighted by Gasteiger charge is -2.16. The standard InChI is InChI=1S/C17H19F2NO2/c1-11(20-13-5-6-14(18)15(19)10-13)8-12-4-7-16(21-2)17(9-12)22-3/h4-7,9-11,20H,8H2,1-3H3. The lowest BCUT2D eigenvalue weighted by molar-refractivity contribution is 0.354. The van der Waals surface area contributed by atoms with Crippen molar-refractivity contribution in [3.8, 4) is 11.5 Å². The predicted octanol–water partition coefficient (Wildman–Crippen LogP) is 4.03. The first-order valence-corrected chi connectivity index (χ1v) is 6.96. The van der Waals surface area contributed by atoms with E-state index in [0.717, 1.165) is 17.7 Å². The van der Waals surface area contributed by atoms with Crippen molar-refractivity contribution in [2.75, 3.05) is 19.5 Å². The van der Waals surface area contributed by atoms with Gasteiger partial charge in [0, 0.05) is 17.8 Å². The third kappa shape index (κ3) is 3.87. The van der Waals surface area contributed by atoms with Gasteiger partial charge in [-0.3, -0.25) is 0 Å². The molecule has 1 unspecified atom stereocenters. The highest BCUT2D eigenvalue weighted by Gasteiger charge is 2.09. The predicted molar refractivity (Wildman–Crippen MR) is 82.7 cm³/mol. The summed E-state index contributed by atoms with van der Waals surface area (Å²) in [6.45, 7) is 1.97. The SMILES string of the molecule is COc1ccc(CC(C)Nc2ccc(F)c(F)c2)cc1OC. The van der Waals surface area contributed by atoms with E-state index in [4.69, 9.17) is 9.47 Å². The number of ether oxygens (including phenoxy) is 2. The van der Waals surface area contributed by atoms with E-state index in [2.05, 4.69) is 5.32 Å². The summed E-state index contributed by atoms with van der Waals surface area (Å²) in [5.41, 5.74) is 1.60. The van der Waals surface area contributed by atoms with Gasteiger partial charge in [0.2, 0.25) is 0 Å². The summed E-state index contributed by atoms with van der Waals surface area (Å²) in [6.07, 6.45) is 0.708. The van der Waals surface area contributed by atoms with Gasteiger partial charge in [-0.05, 0) is 43.2 Å². The maximum Gasteiger partial charge on any atom is 0.160 e. The Morgan fingerprint density at radius 1 is 0.955 bits per heavy atom. The molecule has 1 N–H and O–H groups in total. The summed E-state index contributed by atoms with van der Waals surface area (Å²) in [6, 6.07) is 9.53. The van der Waals surface area contributed by atoms with Crippen LogP contribution in [0.15, 0.2) is 36.4 Å². The molecule has 0 radical (unpaired) electrons. The zero-order valence-corrected chi connectivity index (χ0v) is 12.8. The van der Waals surface area contributed by atoms with Crippen LogP contribution in [-0.2, 0) is 6.42 Å². The fraction of sp³-hybridized carbons (Fsp3) is 0.294. The number of halogens is 2. The topological polar surface area (TPSA) is 30.5 Å². The van der Waals surface area contributed by atoms with Crippen LogP contribution in [-0.4, -0.2) is 20.3 Å². The van der Waals surface area contributed by atoms with Gasteiger partial charge in [-0.2, -0.15) is 0 Å². The van der Waals surface area contributed by atoms with E-state index in [1.165, 1.54) is 6.07 Å². The van der Waals surface area contributed by atoms with Gasteiger partial charge in [-0.1, -0.05) is 6.07 Å². The maximum absolute atomic E-state index is 13.2. The van der Waals surface area contributed by atoms with Crippen LogP contribution < -0.4 is 14.8 Å². The molecule has 0 bridgehead atoms. The molecule has 0 fully saturated rings. The smallest absolute Gasteiger partial charge is 0.160 e. The van der Waals surface area contributed by atoms with Gasteiger partial charge in [-0.15, -0.1) is 0 Å². The number of hydrogen-bond donors (Lipinski definition) is 1. The fourth-order valence-corrected chi connectivity index (χ4v) is 2.28. The number of rotatable bonds is 6. The molecule has 22 heavy (non-hydrogen) atoms. The number of anilines is 1. The van der Waals surface area contributed by atoms with E-state index in [9.17, 15) is 8.78 Å². The summed E-state index contributed by atoms with van der Waals surface area (Å²) >= 11 is 0. The Morgan fingerprint density at radius 3 is 2.32 bits per heavy atom. The maximum atomic E-state index is 13.2. The van der Waals surface area contributed by atoms with Crippen LogP contribution in [0.3, 0.4) is 0 Å². The highest BCUT2D eigenvalue weighted by molar-refractivity contribution is 5.46. The minimum atomic E-state index is -0.858. The third-order valence-corrected chi connectivity index (χ3v) is 3.32. The Hall–Kier alpha value is -2.30. The van der Waals surface area contributed by atoms with E-state index in [1.54, 1.807) is 14.2 Å². The molecular weight excluding hydrogens is 288 g/mol. The number of hydrogen-bond acceptors (Lipinski definition) is 3. The van der Waals surface area contributed by atoms with E-state index >= 15 is 0 Å². The highest BCUT2D eigenvalue weighted by Crippen LogP contribution is 2.28. The van der Waals surface area contributed by atoms with Crippen molar-refractivity contribution in [1.29, 1.82) is 0 Å². The molecule has 0 heterocycles. The molecule has 5 heteroatoms. The first-order chi connectivity index (χ1) is 10.5. The molecule has 0 aliphatic rings. The van der Waals surface area contributed by atoms with Gasteiger partial charge >= 0.3 is 0 Å². The van der Waals surface area contributed by atoms with E-state index < -0.39 is 11.6 Å². The molecule has 0 saturated carbocycles. The monoisotopic (exact) mass is 307 g/mol. The Bertz CT molecular complexity index is 647. The molecule has 1 atom stereocenters. The lowest BCUT2D eigenvalue weighted by atomic mass is 10.1. The average molecular weight is 307 g/mol. The van der Waals surface area contributed by atoms with Gasteiger partial charge in [0.1, 0.15) is 0 Å². The van der Waals surface area contributed by atoms with Crippen molar-refractivity contribution in [3.05, 3.63) is 53.6 Å². The van der Waals surface area contributed by atoms with E-state index in [-0.39, 0.29) is 6.04 Å². The van der Waals surface area contributed by atoms with Gasteiger partial charge in [0.25, 0.3) is 0 Å². The van der Waals surface area contributed by atoms with Gasteiger partial charge in [0.05, 0.1) is 14.2 Å². The third-order valence-electron chi connectivity index (χ3n) is 3.32.